The predicted molar refractivity (Wildman–Crippen MR) is 69.8 cm³/mol. The van der Waals surface area contributed by atoms with Crippen molar-refractivity contribution in [1.29, 1.82) is 0 Å². The molecule has 0 amide bonds. The van der Waals surface area contributed by atoms with Crippen LogP contribution in [-0.2, 0) is 14.3 Å². The van der Waals surface area contributed by atoms with Crippen molar-refractivity contribution in [2.45, 2.75) is 46.5 Å². The summed E-state index contributed by atoms with van der Waals surface area (Å²) in [6.45, 7) is 5.23. The summed E-state index contributed by atoms with van der Waals surface area (Å²) in [5, 5.41) is 8.61. The van der Waals surface area contributed by atoms with Crippen molar-refractivity contribution < 1.29 is 19.4 Å². The molecule has 0 bridgehead atoms. The van der Waals surface area contributed by atoms with Gasteiger partial charge in [0.05, 0.1) is 0 Å². The number of aliphatic hydroxyl groups excluding tert-OH is 1. The van der Waals surface area contributed by atoms with Crippen molar-refractivity contribution in [2.75, 3.05) is 6.61 Å². The third kappa shape index (κ3) is 7.01. The van der Waals surface area contributed by atoms with Gasteiger partial charge in [0.2, 0.25) is 0 Å². The smallest absolute Gasteiger partial charge is 0.341 e. The summed E-state index contributed by atoms with van der Waals surface area (Å²) in [5.41, 5.74) is 0.783. The largest absolute Gasteiger partial charge is 0.396 e. The SMILES string of the molecule is CCCCC=C(C)C(=O)OC(=O)C(C)=CCCO. The molecular weight excluding hydrogens is 232 g/mol. The van der Waals surface area contributed by atoms with E-state index >= 15 is 0 Å². The molecule has 0 spiro atoms. The lowest BCUT2D eigenvalue weighted by molar-refractivity contribution is -0.153. The van der Waals surface area contributed by atoms with Gasteiger partial charge in [-0.25, -0.2) is 9.59 Å². The second kappa shape index (κ2) is 9.59. The number of rotatable bonds is 7. The summed E-state index contributed by atoms with van der Waals surface area (Å²) in [6, 6.07) is 0. The Hall–Kier alpha value is -1.42. The minimum Gasteiger partial charge on any atom is -0.396 e. The molecule has 0 aromatic carbocycles. The van der Waals surface area contributed by atoms with Crippen molar-refractivity contribution in [2.24, 2.45) is 0 Å². The van der Waals surface area contributed by atoms with Crippen LogP contribution in [0.2, 0.25) is 0 Å². The number of allylic oxidation sites excluding steroid dienone is 1. The highest BCUT2D eigenvalue weighted by atomic mass is 16.6. The third-order valence-electron chi connectivity index (χ3n) is 2.42. The molecule has 4 heteroatoms. The molecule has 1 N–H and O–H groups in total. The van der Waals surface area contributed by atoms with E-state index in [0.717, 1.165) is 19.3 Å². The second-order valence-electron chi connectivity index (χ2n) is 4.11. The van der Waals surface area contributed by atoms with Crippen LogP contribution in [-0.4, -0.2) is 23.7 Å². The Labute approximate surface area is 108 Å². The average Bonchev–Trinajstić information content (AvgIpc) is 2.35. The fourth-order valence-corrected chi connectivity index (χ4v) is 1.22. The quantitative estimate of drug-likeness (QED) is 0.328. The van der Waals surface area contributed by atoms with Gasteiger partial charge < -0.3 is 9.84 Å². The second-order valence-corrected chi connectivity index (χ2v) is 4.11. The number of aliphatic hydroxyl groups is 1. The molecule has 0 saturated carbocycles. The third-order valence-corrected chi connectivity index (χ3v) is 2.42. The van der Waals surface area contributed by atoms with E-state index in [0.29, 0.717) is 17.6 Å². The standard InChI is InChI=1S/C14H22O4/c1-4-5-6-8-11(2)13(16)18-14(17)12(3)9-7-10-15/h8-9,15H,4-7,10H2,1-3H3. The minimum absolute atomic E-state index is 0.0332. The normalized spacial score (nSPS) is 12.4. The Morgan fingerprint density at radius 1 is 1.06 bits per heavy atom. The van der Waals surface area contributed by atoms with Crippen molar-refractivity contribution in [3.05, 3.63) is 23.3 Å². The predicted octanol–water partition coefficient (Wildman–Crippen LogP) is 2.52. The molecule has 0 aliphatic heterocycles. The van der Waals surface area contributed by atoms with Crippen LogP contribution in [0.3, 0.4) is 0 Å². The summed E-state index contributed by atoms with van der Waals surface area (Å²) in [5.74, 6) is -1.26. The van der Waals surface area contributed by atoms with Crippen LogP contribution in [0.5, 0.6) is 0 Å². The van der Waals surface area contributed by atoms with Crippen LogP contribution in [0.1, 0.15) is 46.5 Å². The van der Waals surface area contributed by atoms with E-state index in [1.807, 2.05) is 0 Å². The van der Waals surface area contributed by atoms with Gasteiger partial charge in [-0.1, -0.05) is 31.9 Å². The molecule has 102 valence electrons. The van der Waals surface area contributed by atoms with E-state index in [2.05, 4.69) is 6.92 Å². The molecule has 0 radical (unpaired) electrons. The van der Waals surface area contributed by atoms with E-state index in [1.165, 1.54) is 0 Å². The summed E-state index contributed by atoms with van der Waals surface area (Å²) in [6.07, 6.45) is 6.58. The van der Waals surface area contributed by atoms with E-state index in [1.54, 1.807) is 26.0 Å². The number of ether oxygens (including phenoxy) is 1. The lowest BCUT2D eigenvalue weighted by Crippen LogP contribution is -2.14. The number of hydrogen-bond acceptors (Lipinski definition) is 4. The minimum atomic E-state index is -0.656. The summed E-state index contributed by atoms with van der Waals surface area (Å²) in [4.78, 5) is 23.0. The fraction of sp³-hybridized carbons (Fsp3) is 0.571. The van der Waals surface area contributed by atoms with Crippen LogP contribution < -0.4 is 0 Å². The maximum absolute atomic E-state index is 11.5. The van der Waals surface area contributed by atoms with Gasteiger partial charge in [0.25, 0.3) is 0 Å². The van der Waals surface area contributed by atoms with Crippen molar-refractivity contribution in [3.8, 4) is 0 Å². The topological polar surface area (TPSA) is 63.6 Å². The Morgan fingerprint density at radius 2 is 1.56 bits per heavy atom. The van der Waals surface area contributed by atoms with E-state index < -0.39 is 11.9 Å². The maximum atomic E-state index is 11.5. The molecule has 18 heavy (non-hydrogen) atoms. The van der Waals surface area contributed by atoms with Gasteiger partial charge in [0.1, 0.15) is 0 Å². The number of unbranched alkanes of at least 4 members (excludes halogenated alkanes) is 2. The van der Waals surface area contributed by atoms with Gasteiger partial charge in [0, 0.05) is 17.8 Å². The Morgan fingerprint density at radius 3 is 2.00 bits per heavy atom. The van der Waals surface area contributed by atoms with Crippen molar-refractivity contribution in [3.63, 3.8) is 0 Å². The zero-order chi connectivity index (χ0) is 14.0. The summed E-state index contributed by atoms with van der Waals surface area (Å²) in [7, 11) is 0. The Kier molecular flexibility index (Phi) is 8.84. The molecule has 0 unspecified atom stereocenters. The molecule has 0 aromatic rings. The fourth-order valence-electron chi connectivity index (χ4n) is 1.22. The highest BCUT2D eigenvalue weighted by Crippen LogP contribution is 2.06. The first kappa shape index (κ1) is 16.6. The Balaban J connectivity index is 4.30. The molecule has 0 saturated heterocycles. The number of carbonyl (C=O) groups excluding carboxylic acids is 2. The lowest BCUT2D eigenvalue weighted by Gasteiger charge is -2.03. The van der Waals surface area contributed by atoms with Gasteiger partial charge in [-0.3, -0.25) is 0 Å². The summed E-state index contributed by atoms with van der Waals surface area (Å²) < 4.78 is 4.71. The van der Waals surface area contributed by atoms with Crippen molar-refractivity contribution in [1.82, 2.24) is 0 Å². The highest BCUT2D eigenvalue weighted by Gasteiger charge is 2.13. The first-order valence-corrected chi connectivity index (χ1v) is 6.23. The van der Waals surface area contributed by atoms with Gasteiger partial charge in [-0.2, -0.15) is 0 Å². The van der Waals surface area contributed by atoms with E-state index in [-0.39, 0.29) is 6.61 Å². The zero-order valence-electron chi connectivity index (χ0n) is 11.4. The van der Waals surface area contributed by atoms with Gasteiger partial charge >= 0.3 is 11.9 Å². The molecule has 4 nitrogen and oxygen atoms in total. The molecule has 0 fully saturated rings. The van der Waals surface area contributed by atoms with Gasteiger partial charge in [-0.05, 0) is 26.7 Å². The van der Waals surface area contributed by atoms with Gasteiger partial charge in [0.15, 0.2) is 0 Å². The monoisotopic (exact) mass is 254 g/mol. The van der Waals surface area contributed by atoms with Crippen LogP contribution >= 0.6 is 0 Å². The van der Waals surface area contributed by atoms with Gasteiger partial charge in [-0.15, -0.1) is 0 Å². The van der Waals surface area contributed by atoms with Crippen LogP contribution in [0, 0.1) is 0 Å². The molecule has 0 aromatic heterocycles. The van der Waals surface area contributed by atoms with Crippen LogP contribution in [0.15, 0.2) is 23.3 Å². The average molecular weight is 254 g/mol. The Bertz CT molecular complexity index is 340. The molecule has 0 aliphatic carbocycles. The lowest BCUT2D eigenvalue weighted by atomic mass is 10.2. The molecule has 0 rings (SSSR count). The van der Waals surface area contributed by atoms with E-state index in [9.17, 15) is 9.59 Å². The maximum Gasteiger partial charge on any atom is 0.341 e. The van der Waals surface area contributed by atoms with Crippen LogP contribution in [0.4, 0.5) is 0 Å². The number of carbonyl (C=O) groups is 2. The molecule has 0 heterocycles. The number of esters is 2. The highest BCUT2D eigenvalue weighted by molar-refractivity contribution is 6.01. The van der Waals surface area contributed by atoms with Crippen LogP contribution in [0.25, 0.3) is 0 Å². The molecular formula is C14H22O4. The first-order valence-electron chi connectivity index (χ1n) is 6.23. The van der Waals surface area contributed by atoms with E-state index in [4.69, 9.17) is 9.84 Å². The summed E-state index contributed by atoms with van der Waals surface area (Å²) >= 11 is 0. The zero-order valence-corrected chi connectivity index (χ0v) is 11.4. The molecule has 0 aliphatic rings. The molecule has 0 atom stereocenters. The van der Waals surface area contributed by atoms with Crippen molar-refractivity contribution >= 4 is 11.9 Å². The first-order chi connectivity index (χ1) is 8.52. The number of hydrogen-bond donors (Lipinski definition) is 1.